The first kappa shape index (κ1) is 36.1. The third kappa shape index (κ3) is 10.6. The number of aryl methyl sites for hydroxylation is 1. The van der Waals surface area contributed by atoms with Gasteiger partial charge < -0.3 is 9.80 Å². The Morgan fingerprint density at radius 1 is 0.837 bits per heavy atom. The molecule has 3 aromatic carbocycles. The molecule has 1 aromatic heterocycles. The number of hydrogen-bond acceptors (Lipinski definition) is 4. The van der Waals surface area contributed by atoms with Crippen molar-refractivity contribution in [3.63, 3.8) is 0 Å². The van der Waals surface area contributed by atoms with Crippen molar-refractivity contribution in [2.45, 2.75) is 64.3 Å². The van der Waals surface area contributed by atoms with Crippen LogP contribution in [0.15, 0.2) is 102 Å². The topological polar surface area (TPSA) is 43.9 Å². The fraction of sp³-hybridized carbons (Fsp3) is 0.350. The molecule has 0 spiro atoms. The van der Waals surface area contributed by atoms with Crippen molar-refractivity contribution >= 4 is 29.2 Å². The molecule has 4 aromatic rings. The van der Waals surface area contributed by atoms with Gasteiger partial charge in [0.25, 0.3) is 0 Å². The zero-order valence-corrected chi connectivity index (χ0v) is 28.8. The maximum atomic E-state index is 14.4. The van der Waals surface area contributed by atoms with Crippen molar-refractivity contribution in [2.75, 3.05) is 26.2 Å². The van der Waals surface area contributed by atoms with E-state index in [1.54, 1.807) is 16.2 Å². The maximum absolute atomic E-state index is 14.4. The average molecular weight is 688 g/mol. The summed E-state index contributed by atoms with van der Waals surface area (Å²) in [6, 6.07) is 24.4. The number of carbonyl (C=O) groups excluding carboxylic acids is 2. The molecule has 1 aliphatic rings. The molecule has 1 fully saturated rings. The number of amides is 2. The Labute approximate surface area is 291 Å². The van der Waals surface area contributed by atoms with Gasteiger partial charge in [0.1, 0.15) is 6.04 Å². The molecular formula is C40H44F3N3O2S. The van der Waals surface area contributed by atoms with Gasteiger partial charge in [-0.15, -0.1) is 0 Å². The summed E-state index contributed by atoms with van der Waals surface area (Å²) in [6.45, 7) is 5.79. The van der Waals surface area contributed by atoms with E-state index in [2.05, 4.69) is 36.1 Å². The van der Waals surface area contributed by atoms with Crippen molar-refractivity contribution in [2.24, 2.45) is 0 Å². The fourth-order valence-corrected chi connectivity index (χ4v) is 6.80. The van der Waals surface area contributed by atoms with Crippen LogP contribution in [-0.2, 0) is 41.7 Å². The van der Waals surface area contributed by atoms with Gasteiger partial charge in [0.15, 0.2) is 0 Å². The van der Waals surface area contributed by atoms with E-state index in [0.29, 0.717) is 25.1 Å². The molecule has 5 rings (SSSR count). The summed E-state index contributed by atoms with van der Waals surface area (Å²) in [6.07, 6.45) is 3.23. The maximum Gasteiger partial charge on any atom is 0.416 e. The van der Waals surface area contributed by atoms with Gasteiger partial charge in [0, 0.05) is 51.8 Å². The number of thiophene rings is 1. The minimum Gasteiger partial charge on any atom is -0.338 e. The molecule has 0 saturated carbocycles. The van der Waals surface area contributed by atoms with E-state index in [1.807, 2.05) is 52.1 Å². The standard InChI is InChI=1S/C40H44F3N3O2S/c1-2-3-5-8-31-11-13-34(14-12-31)29-46(38(47)20-17-32-15-18-36(19-16-32)40(41,42)43)37(27-35-21-26-49-30-35)39(48)45-24-22-44(23-25-45)28-33-9-6-4-7-10-33/h4,6-7,9-21,26,30,37H,2-3,5,8,22-25,27-29H2,1H3/b20-17+/t37-/m0/s1. The van der Waals surface area contributed by atoms with Crippen LogP contribution in [0.4, 0.5) is 13.2 Å². The van der Waals surface area contributed by atoms with E-state index >= 15 is 0 Å². The summed E-state index contributed by atoms with van der Waals surface area (Å²) >= 11 is 1.54. The van der Waals surface area contributed by atoms with Crippen LogP contribution in [0.5, 0.6) is 0 Å². The zero-order chi connectivity index (χ0) is 34.6. The Hall–Kier alpha value is -4.21. The summed E-state index contributed by atoms with van der Waals surface area (Å²) in [4.78, 5) is 34.3. The van der Waals surface area contributed by atoms with Crippen LogP contribution in [0.3, 0.4) is 0 Å². The van der Waals surface area contributed by atoms with E-state index in [4.69, 9.17) is 0 Å². The highest BCUT2D eigenvalue weighted by atomic mass is 32.1. The molecular weight excluding hydrogens is 644 g/mol. The predicted molar refractivity (Wildman–Crippen MR) is 191 cm³/mol. The number of hydrogen-bond donors (Lipinski definition) is 0. The molecule has 2 amide bonds. The number of nitrogens with zero attached hydrogens (tertiary/aromatic N) is 3. The smallest absolute Gasteiger partial charge is 0.338 e. The summed E-state index contributed by atoms with van der Waals surface area (Å²) in [5.74, 6) is -0.471. The van der Waals surface area contributed by atoms with Crippen LogP contribution in [0.2, 0.25) is 0 Å². The molecule has 1 saturated heterocycles. The van der Waals surface area contributed by atoms with Crippen molar-refractivity contribution < 1.29 is 22.8 Å². The predicted octanol–water partition coefficient (Wildman–Crippen LogP) is 8.50. The van der Waals surface area contributed by atoms with Crippen molar-refractivity contribution in [3.05, 3.63) is 135 Å². The molecule has 0 N–H and O–H groups in total. The quantitative estimate of drug-likeness (QED) is 0.0987. The van der Waals surface area contributed by atoms with E-state index < -0.39 is 17.8 Å². The van der Waals surface area contributed by atoms with Crippen molar-refractivity contribution in [3.8, 4) is 0 Å². The molecule has 0 radical (unpaired) electrons. The second kappa shape index (κ2) is 17.4. The van der Waals surface area contributed by atoms with Gasteiger partial charge in [0.2, 0.25) is 11.8 Å². The first-order valence-corrected chi connectivity index (χ1v) is 17.9. The molecule has 258 valence electrons. The van der Waals surface area contributed by atoms with Crippen LogP contribution in [-0.4, -0.2) is 58.7 Å². The Kier molecular flexibility index (Phi) is 12.8. The summed E-state index contributed by atoms with van der Waals surface area (Å²) in [5, 5.41) is 3.97. The Morgan fingerprint density at radius 3 is 2.16 bits per heavy atom. The van der Waals surface area contributed by atoms with Gasteiger partial charge in [0.05, 0.1) is 5.56 Å². The molecule has 1 atom stereocenters. The monoisotopic (exact) mass is 687 g/mol. The molecule has 1 aliphatic heterocycles. The van der Waals surface area contributed by atoms with Gasteiger partial charge in [-0.1, -0.05) is 86.5 Å². The summed E-state index contributed by atoms with van der Waals surface area (Å²) in [5.41, 5.74) is 4.06. The van der Waals surface area contributed by atoms with E-state index in [-0.39, 0.29) is 18.4 Å². The average Bonchev–Trinajstić information content (AvgIpc) is 3.63. The van der Waals surface area contributed by atoms with Crippen LogP contribution in [0.1, 0.15) is 59.6 Å². The van der Waals surface area contributed by atoms with Gasteiger partial charge in [-0.05, 0) is 75.7 Å². The molecule has 0 unspecified atom stereocenters. The highest BCUT2D eigenvalue weighted by Crippen LogP contribution is 2.29. The normalized spacial score (nSPS) is 14.7. The Balaban J connectivity index is 1.38. The number of piperazine rings is 1. The molecule has 49 heavy (non-hydrogen) atoms. The number of halogens is 3. The van der Waals surface area contributed by atoms with Gasteiger partial charge in [-0.3, -0.25) is 14.5 Å². The van der Waals surface area contributed by atoms with Gasteiger partial charge in [-0.2, -0.15) is 24.5 Å². The van der Waals surface area contributed by atoms with Gasteiger partial charge >= 0.3 is 6.18 Å². The lowest BCUT2D eigenvalue weighted by atomic mass is 10.0. The van der Waals surface area contributed by atoms with E-state index in [1.165, 1.54) is 41.8 Å². The number of unbranched alkanes of at least 4 members (excludes halogenated alkanes) is 2. The first-order chi connectivity index (χ1) is 23.7. The molecule has 0 bridgehead atoms. The lowest BCUT2D eigenvalue weighted by Crippen LogP contribution is -2.56. The van der Waals surface area contributed by atoms with Crippen LogP contribution >= 0.6 is 11.3 Å². The summed E-state index contributed by atoms with van der Waals surface area (Å²) in [7, 11) is 0. The van der Waals surface area contributed by atoms with E-state index in [0.717, 1.165) is 62.2 Å². The minimum absolute atomic E-state index is 0.0990. The van der Waals surface area contributed by atoms with Crippen molar-refractivity contribution in [1.29, 1.82) is 0 Å². The minimum atomic E-state index is -4.44. The highest BCUT2D eigenvalue weighted by Gasteiger charge is 2.34. The highest BCUT2D eigenvalue weighted by molar-refractivity contribution is 7.07. The zero-order valence-electron chi connectivity index (χ0n) is 27.9. The molecule has 9 heteroatoms. The molecule has 2 heterocycles. The lowest BCUT2D eigenvalue weighted by Gasteiger charge is -2.39. The third-order valence-corrected chi connectivity index (χ3v) is 9.72. The molecule has 0 aliphatic carbocycles. The second-order valence-corrected chi connectivity index (χ2v) is 13.4. The first-order valence-electron chi connectivity index (χ1n) is 17.0. The largest absolute Gasteiger partial charge is 0.416 e. The Morgan fingerprint density at radius 2 is 1.53 bits per heavy atom. The van der Waals surface area contributed by atoms with Gasteiger partial charge in [-0.25, -0.2) is 0 Å². The number of rotatable bonds is 14. The van der Waals surface area contributed by atoms with Crippen molar-refractivity contribution in [1.82, 2.24) is 14.7 Å². The van der Waals surface area contributed by atoms with Crippen LogP contribution < -0.4 is 0 Å². The Bertz CT molecular complexity index is 1630. The SMILES string of the molecule is CCCCCc1ccc(CN(C(=O)/C=C/c2ccc(C(F)(F)F)cc2)[C@@H](Cc2ccsc2)C(=O)N2CCN(Cc3ccccc3)CC2)cc1. The summed E-state index contributed by atoms with van der Waals surface area (Å²) < 4.78 is 39.4. The lowest BCUT2D eigenvalue weighted by molar-refractivity contribution is -0.145. The van der Waals surface area contributed by atoms with Crippen LogP contribution in [0.25, 0.3) is 6.08 Å². The second-order valence-electron chi connectivity index (χ2n) is 12.6. The number of benzene rings is 3. The number of alkyl halides is 3. The number of carbonyl (C=O) groups is 2. The van der Waals surface area contributed by atoms with E-state index in [9.17, 15) is 22.8 Å². The third-order valence-electron chi connectivity index (χ3n) is 8.99. The fourth-order valence-electron chi connectivity index (χ4n) is 6.12. The molecule has 5 nitrogen and oxygen atoms in total. The van der Waals surface area contributed by atoms with Crippen LogP contribution in [0, 0.1) is 0 Å².